The lowest BCUT2D eigenvalue weighted by Crippen LogP contribution is -2.61. The monoisotopic (exact) mass is 274 g/mol. The Kier molecular flexibility index (Phi) is 4.12. The number of nitrogens with zero attached hydrogens (tertiary/aromatic N) is 1. The molecule has 0 bridgehead atoms. The van der Waals surface area contributed by atoms with Crippen molar-refractivity contribution >= 4 is 11.8 Å². The molecule has 1 aliphatic heterocycles. The van der Waals surface area contributed by atoms with Gasteiger partial charge in [0.1, 0.15) is 12.1 Å². The Bertz CT molecular complexity index is 498. The van der Waals surface area contributed by atoms with Gasteiger partial charge >= 0.3 is 0 Å². The fourth-order valence-electron chi connectivity index (χ4n) is 2.54. The molecule has 0 saturated carbocycles. The second-order valence-corrected chi connectivity index (χ2v) is 5.76. The lowest BCUT2D eigenvalue weighted by atomic mass is 9.96. The van der Waals surface area contributed by atoms with Gasteiger partial charge in [-0.3, -0.25) is 9.59 Å². The summed E-state index contributed by atoms with van der Waals surface area (Å²) in [6.07, 6.45) is 0. The molecular weight excluding hydrogens is 252 g/mol. The zero-order valence-electron chi connectivity index (χ0n) is 12.5. The van der Waals surface area contributed by atoms with Crippen LogP contribution >= 0.6 is 0 Å². The molecule has 108 valence electrons. The van der Waals surface area contributed by atoms with Crippen molar-refractivity contribution in [3.8, 4) is 0 Å². The number of amides is 2. The zero-order valence-corrected chi connectivity index (χ0v) is 12.5. The van der Waals surface area contributed by atoms with Crippen LogP contribution in [0.2, 0.25) is 0 Å². The van der Waals surface area contributed by atoms with Crippen molar-refractivity contribution in [2.45, 2.75) is 45.8 Å². The maximum absolute atomic E-state index is 12.7. The number of piperazine rings is 1. The lowest BCUT2D eigenvalue weighted by Gasteiger charge is -2.42. The third kappa shape index (κ3) is 2.55. The SMILES string of the molecule is CC(C)C(C)N1C(=O)C(c2ccccc2)NC(=O)C1C. The highest BCUT2D eigenvalue weighted by atomic mass is 16.2. The molecule has 2 rings (SSSR count). The third-order valence-electron chi connectivity index (χ3n) is 4.12. The van der Waals surface area contributed by atoms with Crippen LogP contribution in [0.4, 0.5) is 0 Å². The Balaban J connectivity index is 2.34. The van der Waals surface area contributed by atoms with E-state index in [1.54, 1.807) is 11.8 Å². The molecule has 0 aromatic heterocycles. The molecule has 20 heavy (non-hydrogen) atoms. The van der Waals surface area contributed by atoms with Crippen LogP contribution in [0.25, 0.3) is 0 Å². The summed E-state index contributed by atoms with van der Waals surface area (Å²) in [5.41, 5.74) is 0.832. The first-order chi connectivity index (χ1) is 9.43. The maximum atomic E-state index is 12.7. The van der Waals surface area contributed by atoms with Crippen LogP contribution in [0.3, 0.4) is 0 Å². The van der Waals surface area contributed by atoms with E-state index in [1.165, 1.54) is 0 Å². The van der Waals surface area contributed by atoms with Gasteiger partial charge < -0.3 is 10.2 Å². The van der Waals surface area contributed by atoms with Gasteiger partial charge in [-0.05, 0) is 25.3 Å². The molecule has 1 aromatic carbocycles. The summed E-state index contributed by atoms with van der Waals surface area (Å²) in [5.74, 6) is 0.194. The molecule has 0 aliphatic carbocycles. The molecule has 4 nitrogen and oxygen atoms in total. The van der Waals surface area contributed by atoms with Crippen molar-refractivity contribution in [3.63, 3.8) is 0 Å². The number of carbonyl (C=O) groups is 2. The largest absolute Gasteiger partial charge is 0.339 e. The minimum atomic E-state index is -0.568. The topological polar surface area (TPSA) is 49.4 Å². The van der Waals surface area contributed by atoms with Gasteiger partial charge in [-0.1, -0.05) is 44.2 Å². The van der Waals surface area contributed by atoms with Gasteiger partial charge in [0.05, 0.1) is 0 Å². The maximum Gasteiger partial charge on any atom is 0.250 e. The fraction of sp³-hybridized carbons (Fsp3) is 0.500. The first-order valence-electron chi connectivity index (χ1n) is 7.11. The molecule has 1 saturated heterocycles. The predicted molar refractivity (Wildman–Crippen MR) is 77.9 cm³/mol. The van der Waals surface area contributed by atoms with Crippen molar-refractivity contribution in [1.82, 2.24) is 10.2 Å². The molecular formula is C16H22N2O2. The smallest absolute Gasteiger partial charge is 0.250 e. The summed E-state index contributed by atoms with van der Waals surface area (Å²) < 4.78 is 0. The minimum Gasteiger partial charge on any atom is -0.339 e. The molecule has 2 amide bonds. The summed E-state index contributed by atoms with van der Waals surface area (Å²) in [6, 6.07) is 8.45. The summed E-state index contributed by atoms with van der Waals surface area (Å²) in [7, 11) is 0. The van der Waals surface area contributed by atoms with Gasteiger partial charge in [0.2, 0.25) is 5.91 Å². The molecule has 1 aromatic rings. The molecule has 1 fully saturated rings. The quantitative estimate of drug-likeness (QED) is 0.918. The van der Waals surface area contributed by atoms with E-state index in [9.17, 15) is 9.59 Å². The van der Waals surface area contributed by atoms with E-state index in [0.717, 1.165) is 5.56 Å². The molecule has 3 atom stereocenters. The highest BCUT2D eigenvalue weighted by Gasteiger charge is 2.41. The third-order valence-corrected chi connectivity index (χ3v) is 4.12. The van der Waals surface area contributed by atoms with Crippen molar-refractivity contribution in [2.24, 2.45) is 5.92 Å². The predicted octanol–water partition coefficient (Wildman–Crippen LogP) is 2.12. The van der Waals surface area contributed by atoms with Gasteiger partial charge in [0.25, 0.3) is 5.91 Å². The molecule has 1 heterocycles. The molecule has 0 spiro atoms. The van der Waals surface area contributed by atoms with Gasteiger partial charge in [-0.2, -0.15) is 0 Å². The summed E-state index contributed by atoms with van der Waals surface area (Å²) in [6.45, 7) is 7.91. The van der Waals surface area contributed by atoms with Gasteiger partial charge in [0, 0.05) is 6.04 Å². The van der Waals surface area contributed by atoms with E-state index < -0.39 is 12.1 Å². The fourth-order valence-corrected chi connectivity index (χ4v) is 2.54. The van der Waals surface area contributed by atoms with E-state index in [2.05, 4.69) is 19.2 Å². The molecule has 0 radical (unpaired) electrons. The number of nitrogens with one attached hydrogen (secondary N) is 1. The van der Waals surface area contributed by atoms with E-state index >= 15 is 0 Å². The average molecular weight is 274 g/mol. The first kappa shape index (κ1) is 14.6. The number of carbonyl (C=O) groups excluding carboxylic acids is 2. The first-order valence-corrected chi connectivity index (χ1v) is 7.11. The highest BCUT2D eigenvalue weighted by molar-refractivity contribution is 5.97. The Morgan fingerprint density at radius 1 is 1.10 bits per heavy atom. The van der Waals surface area contributed by atoms with Crippen molar-refractivity contribution in [1.29, 1.82) is 0 Å². The Labute approximate surface area is 120 Å². The Morgan fingerprint density at radius 3 is 2.25 bits per heavy atom. The van der Waals surface area contributed by atoms with E-state index in [1.807, 2.05) is 37.3 Å². The number of hydrogen-bond acceptors (Lipinski definition) is 2. The second-order valence-electron chi connectivity index (χ2n) is 5.76. The van der Waals surface area contributed by atoms with Crippen molar-refractivity contribution < 1.29 is 9.59 Å². The van der Waals surface area contributed by atoms with Crippen LogP contribution in [0.5, 0.6) is 0 Å². The van der Waals surface area contributed by atoms with Gasteiger partial charge in [-0.15, -0.1) is 0 Å². The molecule has 1 N–H and O–H groups in total. The average Bonchev–Trinajstić information content (AvgIpc) is 2.43. The zero-order chi connectivity index (χ0) is 14.9. The van der Waals surface area contributed by atoms with Crippen molar-refractivity contribution in [3.05, 3.63) is 35.9 Å². The van der Waals surface area contributed by atoms with Gasteiger partial charge in [0.15, 0.2) is 0 Å². The normalized spacial score (nSPS) is 24.8. The molecule has 4 heteroatoms. The Hall–Kier alpha value is -1.84. The summed E-state index contributed by atoms with van der Waals surface area (Å²) in [5, 5.41) is 2.83. The van der Waals surface area contributed by atoms with Crippen LogP contribution in [0, 0.1) is 5.92 Å². The molecule has 3 unspecified atom stereocenters. The number of rotatable bonds is 3. The van der Waals surface area contributed by atoms with Crippen LogP contribution in [-0.4, -0.2) is 28.8 Å². The highest BCUT2D eigenvalue weighted by Crippen LogP contribution is 2.25. The summed E-state index contributed by atoms with van der Waals surface area (Å²) in [4.78, 5) is 26.6. The standard InChI is InChI=1S/C16H22N2O2/c1-10(2)11(3)18-12(4)15(19)17-14(16(18)20)13-8-6-5-7-9-13/h5-12,14H,1-4H3,(H,17,19). The van der Waals surface area contributed by atoms with Crippen LogP contribution in [0.1, 0.15) is 39.3 Å². The van der Waals surface area contributed by atoms with Gasteiger partial charge in [-0.25, -0.2) is 0 Å². The van der Waals surface area contributed by atoms with Crippen LogP contribution < -0.4 is 5.32 Å². The number of hydrogen-bond donors (Lipinski definition) is 1. The second kappa shape index (κ2) is 5.65. The van der Waals surface area contributed by atoms with E-state index in [0.29, 0.717) is 5.92 Å². The molecule has 1 aliphatic rings. The summed E-state index contributed by atoms with van der Waals surface area (Å²) >= 11 is 0. The lowest BCUT2D eigenvalue weighted by molar-refractivity contribution is -0.152. The van der Waals surface area contributed by atoms with Crippen molar-refractivity contribution in [2.75, 3.05) is 0 Å². The van der Waals surface area contributed by atoms with Crippen LogP contribution in [0.15, 0.2) is 30.3 Å². The van der Waals surface area contributed by atoms with E-state index in [-0.39, 0.29) is 17.9 Å². The number of benzene rings is 1. The minimum absolute atomic E-state index is 0.0236. The van der Waals surface area contributed by atoms with E-state index in [4.69, 9.17) is 0 Å². The Morgan fingerprint density at radius 2 is 1.70 bits per heavy atom. The van der Waals surface area contributed by atoms with Crippen LogP contribution in [-0.2, 0) is 9.59 Å².